The molecule has 0 fully saturated rings. The third kappa shape index (κ3) is 6.66. The van der Waals surface area contributed by atoms with E-state index in [0.717, 1.165) is 4.68 Å². The second kappa shape index (κ2) is 10.8. The van der Waals surface area contributed by atoms with Crippen molar-refractivity contribution in [1.29, 1.82) is 0 Å². The SMILES string of the molecule is CC(C)(C)OC(=O)N(C(=O)OC(C)(C)C)c1ncc(Br)cc1-c1nnnn1-c1ccc(CBr)c(F)c1F. The number of anilines is 1. The third-order valence-corrected chi connectivity index (χ3v) is 5.46. The minimum Gasteiger partial charge on any atom is -0.443 e. The molecule has 0 aliphatic rings. The second-order valence-electron chi connectivity index (χ2n) is 9.74. The van der Waals surface area contributed by atoms with Gasteiger partial charge in [-0.25, -0.2) is 23.4 Å². The molecule has 0 saturated carbocycles. The van der Waals surface area contributed by atoms with Gasteiger partial charge in [-0.3, -0.25) is 0 Å². The molecular formula is C23H24Br2F2N6O4. The maximum absolute atomic E-state index is 15.0. The maximum atomic E-state index is 15.0. The molecule has 3 aromatic rings. The highest BCUT2D eigenvalue weighted by molar-refractivity contribution is 9.10. The summed E-state index contributed by atoms with van der Waals surface area (Å²) < 4.78 is 41.8. The van der Waals surface area contributed by atoms with Crippen molar-refractivity contribution in [1.82, 2.24) is 25.2 Å². The van der Waals surface area contributed by atoms with Crippen LogP contribution >= 0.6 is 31.9 Å². The number of alkyl halides is 1. The fourth-order valence-electron chi connectivity index (χ4n) is 3.00. The number of carbonyl (C=O) groups is 2. The Bertz CT molecular complexity index is 1310. The smallest absolute Gasteiger partial charge is 0.425 e. The quantitative estimate of drug-likeness (QED) is 0.302. The van der Waals surface area contributed by atoms with Gasteiger partial charge in [0, 0.05) is 21.6 Å². The second-order valence-corrected chi connectivity index (χ2v) is 11.2. The van der Waals surface area contributed by atoms with E-state index in [2.05, 4.69) is 52.4 Å². The average molecular weight is 646 g/mol. The van der Waals surface area contributed by atoms with Crippen LogP contribution in [0.1, 0.15) is 47.1 Å². The number of hydrogen-bond acceptors (Lipinski definition) is 8. The third-order valence-electron chi connectivity index (χ3n) is 4.42. The van der Waals surface area contributed by atoms with E-state index in [1.54, 1.807) is 41.5 Å². The van der Waals surface area contributed by atoms with Crippen molar-refractivity contribution in [3.63, 3.8) is 0 Å². The first-order valence-electron chi connectivity index (χ1n) is 10.9. The molecule has 1 aromatic carbocycles. The van der Waals surface area contributed by atoms with Crippen LogP contribution in [0.4, 0.5) is 24.2 Å². The van der Waals surface area contributed by atoms with E-state index in [1.807, 2.05) is 0 Å². The lowest BCUT2D eigenvalue weighted by Gasteiger charge is -2.28. The number of hydrogen-bond donors (Lipinski definition) is 0. The van der Waals surface area contributed by atoms with Crippen molar-refractivity contribution in [3.05, 3.63) is 46.1 Å². The number of rotatable bonds is 4. The number of amides is 2. The molecule has 2 aromatic heterocycles. The van der Waals surface area contributed by atoms with Crippen molar-refractivity contribution in [2.24, 2.45) is 0 Å². The first-order valence-corrected chi connectivity index (χ1v) is 12.8. The standard InChI is InChI=1S/C23H24Br2F2N6O4/c1-22(2,3)36-20(34)32(21(35)37-23(4,5)6)18-14(9-13(25)11-28-18)19-29-30-31-33(19)15-8-7-12(10-24)16(26)17(15)27/h7-9,11H,10H2,1-6H3. The van der Waals surface area contributed by atoms with Gasteiger partial charge in [0.15, 0.2) is 23.3 Å². The van der Waals surface area contributed by atoms with Gasteiger partial charge in [0.1, 0.15) is 16.9 Å². The summed E-state index contributed by atoms with van der Waals surface area (Å²) in [6.07, 6.45) is -0.814. The predicted molar refractivity (Wildman–Crippen MR) is 138 cm³/mol. The average Bonchev–Trinajstić information content (AvgIpc) is 3.23. The van der Waals surface area contributed by atoms with Crippen molar-refractivity contribution in [2.75, 3.05) is 4.90 Å². The molecule has 3 rings (SSSR count). The molecule has 10 nitrogen and oxygen atoms in total. The molecule has 0 N–H and O–H groups in total. The van der Waals surface area contributed by atoms with Crippen molar-refractivity contribution in [3.8, 4) is 17.1 Å². The molecule has 0 bridgehead atoms. The summed E-state index contributed by atoms with van der Waals surface area (Å²) in [5.41, 5.74) is -2.10. The number of ether oxygens (including phenoxy) is 2. The van der Waals surface area contributed by atoms with E-state index < -0.39 is 35.0 Å². The van der Waals surface area contributed by atoms with E-state index in [1.165, 1.54) is 24.4 Å². The molecule has 14 heteroatoms. The van der Waals surface area contributed by atoms with Gasteiger partial charge in [-0.2, -0.15) is 9.58 Å². The molecule has 0 radical (unpaired) electrons. The van der Waals surface area contributed by atoms with E-state index in [4.69, 9.17) is 9.47 Å². The van der Waals surface area contributed by atoms with Gasteiger partial charge in [0.2, 0.25) is 0 Å². The van der Waals surface area contributed by atoms with Gasteiger partial charge >= 0.3 is 12.2 Å². The lowest BCUT2D eigenvalue weighted by molar-refractivity contribution is 0.0429. The fraction of sp³-hybridized carbons (Fsp3) is 0.391. The Hall–Kier alpha value is -3.00. The summed E-state index contributed by atoms with van der Waals surface area (Å²) in [5.74, 6) is -2.65. The monoisotopic (exact) mass is 644 g/mol. The summed E-state index contributed by atoms with van der Waals surface area (Å²) >= 11 is 6.41. The van der Waals surface area contributed by atoms with Crippen LogP contribution in [-0.4, -0.2) is 48.6 Å². The van der Waals surface area contributed by atoms with E-state index >= 15 is 0 Å². The highest BCUT2D eigenvalue weighted by Gasteiger charge is 2.36. The lowest BCUT2D eigenvalue weighted by Crippen LogP contribution is -2.44. The number of imide groups is 1. The van der Waals surface area contributed by atoms with Gasteiger partial charge in [-0.05, 0) is 80.0 Å². The number of aromatic nitrogens is 5. The lowest BCUT2D eigenvalue weighted by atomic mass is 10.2. The Balaban J connectivity index is 2.23. The molecule has 0 atom stereocenters. The molecule has 0 aliphatic carbocycles. The Morgan fingerprint density at radius 1 is 1.03 bits per heavy atom. The zero-order chi connectivity index (χ0) is 27.7. The molecule has 198 valence electrons. The Kier molecular flexibility index (Phi) is 8.32. The summed E-state index contributed by atoms with van der Waals surface area (Å²) in [7, 11) is 0. The maximum Gasteiger partial charge on any atom is 0.425 e. The van der Waals surface area contributed by atoms with Gasteiger partial charge in [-0.15, -0.1) is 5.10 Å². The zero-order valence-corrected chi connectivity index (χ0v) is 24.0. The fourth-order valence-corrected chi connectivity index (χ4v) is 3.77. The molecule has 0 saturated heterocycles. The molecule has 2 amide bonds. The van der Waals surface area contributed by atoms with E-state index in [-0.39, 0.29) is 33.8 Å². The molecule has 0 aliphatic heterocycles. The molecule has 0 spiro atoms. The van der Waals surface area contributed by atoms with Crippen LogP contribution < -0.4 is 4.90 Å². The van der Waals surface area contributed by atoms with Crippen LogP contribution in [0.25, 0.3) is 17.1 Å². The normalized spacial score (nSPS) is 11.8. The number of halogens is 4. The van der Waals surface area contributed by atoms with Crippen LogP contribution in [-0.2, 0) is 14.8 Å². The number of carbonyl (C=O) groups excluding carboxylic acids is 2. The first kappa shape index (κ1) is 28.6. The zero-order valence-electron chi connectivity index (χ0n) is 20.8. The Labute approximate surface area is 228 Å². The van der Waals surface area contributed by atoms with E-state index in [0.29, 0.717) is 9.37 Å². The predicted octanol–water partition coefficient (Wildman–Crippen LogP) is 6.34. The first-order chi connectivity index (χ1) is 17.1. The van der Waals surface area contributed by atoms with Gasteiger partial charge in [-0.1, -0.05) is 22.0 Å². The number of nitrogens with zero attached hydrogens (tertiary/aromatic N) is 6. The topological polar surface area (TPSA) is 112 Å². The summed E-state index contributed by atoms with van der Waals surface area (Å²) in [5, 5.41) is 11.4. The number of pyridine rings is 1. The van der Waals surface area contributed by atoms with Crippen LogP contribution in [0.5, 0.6) is 0 Å². The van der Waals surface area contributed by atoms with Crippen LogP contribution in [0.15, 0.2) is 28.9 Å². The Morgan fingerprint density at radius 3 is 2.16 bits per heavy atom. The molecular weight excluding hydrogens is 622 g/mol. The number of benzene rings is 1. The van der Waals surface area contributed by atoms with Crippen LogP contribution in [0.2, 0.25) is 0 Å². The summed E-state index contributed by atoms with van der Waals surface area (Å²) in [6, 6.07) is 4.15. The Morgan fingerprint density at radius 2 is 1.62 bits per heavy atom. The van der Waals surface area contributed by atoms with Gasteiger partial charge in [0.25, 0.3) is 0 Å². The highest BCUT2D eigenvalue weighted by Crippen LogP contribution is 2.34. The van der Waals surface area contributed by atoms with Crippen molar-refractivity contribution in [2.45, 2.75) is 58.1 Å². The minimum atomic E-state index is -1.19. The number of tetrazole rings is 1. The molecule has 2 heterocycles. The van der Waals surface area contributed by atoms with Crippen LogP contribution in [0, 0.1) is 11.6 Å². The van der Waals surface area contributed by atoms with Crippen LogP contribution in [0.3, 0.4) is 0 Å². The van der Waals surface area contributed by atoms with E-state index in [9.17, 15) is 18.4 Å². The molecule has 0 unspecified atom stereocenters. The summed E-state index contributed by atoms with van der Waals surface area (Å²) in [6.45, 7) is 9.77. The van der Waals surface area contributed by atoms with Gasteiger partial charge < -0.3 is 9.47 Å². The minimum absolute atomic E-state index is 0.0282. The van der Waals surface area contributed by atoms with Crippen molar-refractivity contribution < 1.29 is 27.8 Å². The molecule has 37 heavy (non-hydrogen) atoms. The van der Waals surface area contributed by atoms with Crippen molar-refractivity contribution >= 4 is 49.9 Å². The largest absolute Gasteiger partial charge is 0.443 e. The van der Waals surface area contributed by atoms with Gasteiger partial charge in [0.05, 0.1) is 5.56 Å². The highest BCUT2D eigenvalue weighted by atomic mass is 79.9. The summed E-state index contributed by atoms with van der Waals surface area (Å²) in [4.78, 5) is 31.2.